The van der Waals surface area contributed by atoms with Gasteiger partial charge < -0.3 is 9.47 Å². The van der Waals surface area contributed by atoms with Gasteiger partial charge in [-0.25, -0.2) is 0 Å². The van der Waals surface area contributed by atoms with Gasteiger partial charge in [0.1, 0.15) is 12.2 Å². The summed E-state index contributed by atoms with van der Waals surface area (Å²) in [7, 11) is 0. The lowest BCUT2D eigenvalue weighted by Crippen LogP contribution is -2.04. The highest BCUT2D eigenvalue weighted by molar-refractivity contribution is 5.73. The molecular formula is C11H12O4. The van der Waals surface area contributed by atoms with E-state index in [1.165, 1.54) is 0 Å². The van der Waals surface area contributed by atoms with E-state index in [4.69, 9.17) is 0 Å². The maximum absolute atomic E-state index is 10.9. The normalized spacial score (nSPS) is 7.60. The molecule has 0 aliphatic heterocycles. The van der Waals surface area contributed by atoms with Crippen molar-refractivity contribution in [3.05, 3.63) is 0 Å². The third kappa shape index (κ3) is 8.39. The third-order valence-electron chi connectivity index (χ3n) is 1.30. The Kier molecular flexibility index (Phi) is 7.53. The molecule has 0 fully saturated rings. The molecule has 80 valence electrons. The number of carbonyl (C=O) groups is 2. The van der Waals surface area contributed by atoms with E-state index < -0.39 is 11.9 Å². The molecule has 0 spiro atoms. The summed E-state index contributed by atoms with van der Waals surface area (Å²) in [6, 6.07) is 0. The molecule has 0 amide bonds. The lowest BCUT2D eigenvalue weighted by Gasteiger charge is -1.96. The van der Waals surface area contributed by atoms with Crippen LogP contribution in [0.25, 0.3) is 0 Å². The van der Waals surface area contributed by atoms with Crippen molar-refractivity contribution in [2.24, 2.45) is 0 Å². The van der Waals surface area contributed by atoms with E-state index in [-0.39, 0.29) is 12.8 Å². The van der Waals surface area contributed by atoms with Crippen molar-refractivity contribution in [1.82, 2.24) is 0 Å². The summed E-state index contributed by atoms with van der Waals surface area (Å²) in [6.07, 6.45) is 5.02. The Morgan fingerprint density at radius 3 is 1.67 bits per heavy atom. The Morgan fingerprint density at radius 1 is 0.933 bits per heavy atom. The van der Waals surface area contributed by atoms with Crippen molar-refractivity contribution in [1.29, 1.82) is 0 Å². The summed E-state index contributed by atoms with van der Waals surface area (Å²) in [5.74, 6) is 3.95. The highest BCUT2D eigenvalue weighted by atomic mass is 16.5. The first-order chi connectivity index (χ1) is 7.20. The van der Waals surface area contributed by atoms with E-state index in [9.17, 15) is 9.59 Å². The topological polar surface area (TPSA) is 52.6 Å². The zero-order valence-corrected chi connectivity index (χ0v) is 8.75. The van der Waals surface area contributed by atoms with E-state index >= 15 is 0 Å². The van der Waals surface area contributed by atoms with Gasteiger partial charge in [-0.2, -0.15) is 0 Å². The summed E-state index contributed by atoms with van der Waals surface area (Å²) in [4.78, 5) is 21.8. The zero-order chi connectivity index (χ0) is 11.5. The lowest BCUT2D eigenvalue weighted by atomic mass is 10.2. The molecule has 0 heterocycles. The smallest absolute Gasteiger partial charge is 0.319 e. The second kappa shape index (κ2) is 8.65. The van der Waals surface area contributed by atoms with E-state index in [0.717, 1.165) is 0 Å². The highest BCUT2D eigenvalue weighted by Crippen LogP contribution is 1.99. The van der Waals surface area contributed by atoms with Crippen molar-refractivity contribution < 1.29 is 19.1 Å². The van der Waals surface area contributed by atoms with Gasteiger partial charge in [0.25, 0.3) is 0 Å². The molecule has 0 saturated heterocycles. The Balaban J connectivity index is 3.58. The summed E-state index contributed by atoms with van der Waals surface area (Å²) in [6.45, 7) is 3.13. The van der Waals surface area contributed by atoms with E-state index in [0.29, 0.717) is 6.42 Å². The van der Waals surface area contributed by atoms with Gasteiger partial charge in [0, 0.05) is 26.7 Å². The van der Waals surface area contributed by atoms with Crippen LogP contribution in [0, 0.1) is 24.1 Å². The first-order valence-corrected chi connectivity index (χ1v) is 4.43. The number of carbonyl (C=O) groups excluding carboxylic acids is 2. The monoisotopic (exact) mass is 208 g/mol. The molecule has 0 aromatic rings. The van der Waals surface area contributed by atoms with Crippen molar-refractivity contribution in [2.45, 2.75) is 33.1 Å². The minimum atomic E-state index is -0.446. The van der Waals surface area contributed by atoms with Gasteiger partial charge in [0.05, 0.1) is 0 Å². The molecule has 0 aliphatic rings. The van der Waals surface area contributed by atoms with Crippen LogP contribution in [0.15, 0.2) is 0 Å². The fourth-order valence-electron chi connectivity index (χ4n) is 0.695. The van der Waals surface area contributed by atoms with Crippen LogP contribution in [0.4, 0.5) is 0 Å². The molecule has 0 aromatic heterocycles. The molecule has 0 atom stereocenters. The molecule has 0 unspecified atom stereocenters. The van der Waals surface area contributed by atoms with Gasteiger partial charge in [-0.3, -0.25) is 9.59 Å². The molecule has 0 aromatic carbocycles. The maximum Gasteiger partial charge on any atom is 0.319 e. The van der Waals surface area contributed by atoms with Gasteiger partial charge >= 0.3 is 11.9 Å². The van der Waals surface area contributed by atoms with E-state index in [1.807, 2.05) is 0 Å². The minimum Gasteiger partial charge on any atom is -0.372 e. The second-order valence-electron chi connectivity index (χ2n) is 2.51. The van der Waals surface area contributed by atoms with Crippen molar-refractivity contribution in [3.8, 4) is 24.1 Å². The number of ether oxygens (including phenoxy) is 2. The van der Waals surface area contributed by atoms with Crippen molar-refractivity contribution >= 4 is 11.9 Å². The number of hydrogen-bond acceptors (Lipinski definition) is 4. The average Bonchev–Trinajstić information content (AvgIpc) is 2.23. The van der Waals surface area contributed by atoms with Crippen LogP contribution in [0.1, 0.15) is 33.1 Å². The van der Waals surface area contributed by atoms with Crippen molar-refractivity contribution in [3.63, 3.8) is 0 Å². The average molecular weight is 208 g/mol. The Labute approximate surface area is 88.9 Å². The van der Waals surface area contributed by atoms with Gasteiger partial charge in [-0.05, 0) is 6.42 Å². The molecule has 4 nitrogen and oxygen atoms in total. The Hall–Kier alpha value is -1.94. The molecule has 15 heavy (non-hydrogen) atoms. The molecular weight excluding hydrogens is 196 g/mol. The first-order valence-electron chi connectivity index (χ1n) is 4.43. The number of rotatable bonds is 4. The Bertz CT molecular complexity index is 301. The van der Waals surface area contributed by atoms with Crippen LogP contribution in [0.5, 0.6) is 0 Å². The predicted molar refractivity (Wildman–Crippen MR) is 52.9 cm³/mol. The van der Waals surface area contributed by atoms with Gasteiger partial charge in [0.2, 0.25) is 0 Å². The fraction of sp³-hybridized carbons (Fsp3) is 0.455. The highest BCUT2D eigenvalue weighted by Gasteiger charge is 2.05. The van der Waals surface area contributed by atoms with E-state index in [2.05, 4.69) is 33.5 Å². The summed E-state index contributed by atoms with van der Waals surface area (Å²) in [5, 5.41) is 0. The zero-order valence-electron chi connectivity index (χ0n) is 8.75. The largest absolute Gasteiger partial charge is 0.372 e. The van der Waals surface area contributed by atoms with Crippen LogP contribution in [0.3, 0.4) is 0 Å². The van der Waals surface area contributed by atoms with Crippen molar-refractivity contribution in [2.75, 3.05) is 0 Å². The van der Waals surface area contributed by atoms with Gasteiger partial charge in [0.15, 0.2) is 0 Å². The molecule has 0 rings (SSSR count). The SMILES string of the molecule is CC#COC(=O)CCCC(=O)OC#CC. The summed E-state index contributed by atoms with van der Waals surface area (Å²) in [5.41, 5.74) is 0. The fourth-order valence-corrected chi connectivity index (χ4v) is 0.695. The summed E-state index contributed by atoms with van der Waals surface area (Å²) >= 11 is 0. The van der Waals surface area contributed by atoms with Crippen LogP contribution >= 0.6 is 0 Å². The standard InChI is InChI=1S/C11H12O4/c1-3-8-14-10(12)6-5-7-11(13)15-9-4-2/h5-7H2,1-2H3. The molecule has 0 aliphatic carbocycles. The molecule has 0 radical (unpaired) electrons. The predicted octanol–water partition coefficient (Wildman–Crippen LogP) is 1.20. The third-order valence-corrected chi connectivity index (χ3v) is 1.30. The number of hydrogen-bond donors (Lipinski definition) is 0. The van der Waals surface area contributed by atoms with Gasteiger partial charge in [-0.1, -0.05) is 11.8 Å². The van der Waals surface area contributed by atoms with Crippen LogP contribution in [0.2, 0.25) is 0 Å². The number of esters is 2. The van der Waals surface area contributed by atoms with Crippen LogP contribution < -0.4 is 0 Å². The molecule has 4 heteroatoms. The van der Waals surface area contributed by atoms with Crippen LogP contribution in [-0.4, -0.2) is 11.9 Å². The molecule has 0 N–H and O–H groups in total. The van der Waals surface area contributed by atoms with E-state index in [1.54, 1.807) is 13.8 Å². The quantitative estimate of drug-likeness (QED) is 0.514. The van der Waals surface area contributed by atoms with Crippen LogP contribution in [-0.2, 0) is 19.1 Å². The Morgan fingerprint density at radius 2 is 1.33 bits per heavy atom. The molecule has 0 bridgehead atoms. The minimum absolute atomic E-state index is 0.142. The first kappa shape index (κ1) is 13.1. The molecule has 0 saturated carbocycles. The lowest BCUT2D eigenvalue weighted by molar-refractivity contribution is -0.138. The maximum atomic E-state index is 10.9. The second-order valence-corrected chi connectivity index (χ2v) is 2.51. The summed E-state index contributed by atoms with van der Waals surface area (Å²) < 4.78 is 8.95. The van der Waals surface area contributed by atoms with Gasteiger partial charge in [-0.15, -0.1) is 0 Å².